The Labute approximate surface area is 189 Å². The van der Waals surface area contributed by atoms with Gasteiger partial charge in [0.25, 0.3) is 5.91 Å². The molecular formula is C27H30FN3O. The van der Waals surface area contributed by atoms with Crippen LogP contribution in [0.15, 0.2) is 60.7 Å². The van der Waals surface area contributed by atoms with Crippen LogP contribution in [0.4, 0.5) is 4.39 Å². The van der Waals surface area contributed by atoms with Gasteiger partial charge in [-0.05, 0) is 63.5 Å². The fourth-order valence-corrected chi connectivity index (χ4v) is 4.41. The van der Waals surface area contributed by atoms with Crippen LogP contribution in [-0.2, 0) is 13.1 Å². The lowest BCUT2D eigenvalue weighted by molar-refractivity contribution is 0.0948. The molecule has 32 heavy (non-hydrogen) atoms. The van der Waals surface area contributed by atoms with Crippen LogP contribution in [0, 0.1) is 19.7 Å². The quantitative estimate of drug-likeness (QED) is 0.587. The van der Waals surface area contributed by atoms with Crippen LogP contribution in [-0.4, -0.2) is 28.9 Å². The molecule has 3 aromatic rings. The molecule has 5 heteroatoms. The van der Waals surface area contributed by atoms with E-state index in [4.69, 9.17) is 4.98 Å². The van der Waals surface area contributed by atoms with Gasteiger partial charge in [0, 0.05) is 30.3 Å². The molecule has 0 radical (unpaired) electrons. The van der Waals surface area contributed by atoms with E-state index in [1.807, 2.05) is 56.3 Å². The van der Waals surface area contributed by atoms with Crippen molar-refractivity contribution >= 4 is 5.91 Å². The minimum Gasteiger partial charge on any atom is -0.348 e. The summed E-state index contributed by atoms with van der Waals surface area (Å²) in [6.07, 6.45) is 1.81. The van der Waals surface area contributed by atoms with Gasteiger partial charge in [-0.1, -0.05) is 48.0 Å². The highest BCUT2D eigenvalue weighted by Gasteiger charge is 2.26. The van der Waals surface area contributed by atoms with Crippen molar-refractivity contribution in [1.82, 2.24) is 15.2 Å². The molecule has 2 aromatic carbocycles. The number of likely N-dealkylation sites (tertiary alicyclic amines) is 1. The van der Waals surface area contributed by atoms with Crippen LogP contribution in [0.25, 0.3) is 0 Å². The number of hydrogen-bond donors (Lipinski definition) is 1. The highest BCUT2D eigenvalue weighted by atomic mass is 19.1. The first-order valence-corrected chi connectivity index (χ1v) is 11.3. The smallest absolute Gasteiger partial charge is 0.253 e. The average Bonchev–Trinajstić information content (AvgIpc) is 2.79. The number of aromatic nitrogens is 1. The summed E-state index contributed by atoms with van der Waals surface area (Å²) in [5.74, 6) is -0.00294. The molecule has 0 atom stereocenters. The van der Waals surface area contributed by atoms with Crippen molar-refractivity contribution in [1.29, 1.82) is 0 Å². The Morgan fingerprint density at radius 2 is 1.84 bits per heavy atom. The molecule has 0 aliphatic carbocycles. The summed E-state index contributed by atoms with van der Waals surface area (Å²) in [5, 5.41) is 3.06. The molecule has 0 spiro atoms. The molecule has 1 saturated heterocycles. The van der Waals surface area contributed by atoms with E-state index >= 15 is 0 Å². The summed E-state index contributed by atoms with van der Waals surface area (Å²) in [7, 11) is 0. The summed E-state index contributed by atoms with van der Waals surface area (Å²) in [5.41, 5.74) is 5.46. The van der Waals surface area contributed by atoms with Gasteiger partial charge in [0.05, 0.1) is 11.3 Å². The van der Waals surface area contributed by atoms with E-state index < -0.39 is 0 Å². The molecule has 166 valence electrons. The number of amides is 1. The monoisotopic (exact) mass is 431 g/mol. The van der Waals surface area contributed by atoms with Crippen LogP contribution < -0.4 is 5.32 Å². The maximum Gasteiger partial charge on any atom is 0.253 e. The summed E-state index contributed by atoms with van der Waals surface area (Å²) < 4.78 is 14.0. The van der Waals surface area contributed by atoms with Gasteiger partial charge in [0.15, 0.2) is 0 Å². The normalized spacial score (nSPS) is 15.0. The Morgan fingerprint density at radius 1 is 1.06 bits per heavy atom. The Balaban J connectivity index is 1.42. The molecular weight excluding hydrogens is 401 g/mol. The minimum absolute atomic E-state index is 0.0807. The molecule has 4 rings (SSSR count). The lowest BCUT2D eigenvalue weighted by Crippen LogP contribution is -2.34. The first-order chi connectivity index (χ1) is 15.5. The molecule has 1 N–H and O–H groups in total. The lowest BCUT2D eigenvalue weighted by Gasteiger charge is -2.32. The molecule has 1 amide bonds. The van der Waals surface area contributed by atoms with Crippen molar-refractivity contribution in [2.24, 2.45) is 0 Å². The third-order valence-electron chi connectivity index (χ3n) is 6.17. The number of halogens is 1. The van der Waals surface area contributed by atoms with E-state index in [1.165, 1.54) is 11.6 Å². The number of nitrogens with one attached hydrogen (secondary N) is 1. The first-order valence-electron chi connectivity index (χ1n) is 11.3. The molecule has 4 nitrogen and oxygen atoms in total. The maximum absolute atomic E-state index is 14.0. The van der Waals surface area contributed by atoms with Gasteiger partial charge in [-0.25, -0.2) is 4.39 Å². The van der Waals surface area contributed by atoms with Crippen LogP contribution in [0.2, 0.25) is 0 Å². The molecule has 1 aromatic heterocycles. The predicted octanol–water partition coefficient (Wildman–Crippen LogP) is 5.15. The Bertz CT molecular complexity index is 1090. The van der Waals surface area contributed by atoms with Gasteiger partial charge in [-0.3, -0.25) is 14.7 Å². The number of rotatable bonds is 6. The molecule has 1 fully saturated rings. The zero-order valence-corrected chi connectivity index (χ0v) is 18.8. The zero-order valence-electron chi connectivity index (χ0n) is 18.8. The van der Waals surface area contributed by atoms with E-state index in [1.54, 1.807) is 6.07 Å². The van der Waals surface area contributed by atoms with Crippen molar-refractivity contribution in [3.8, 4) is 0 Å². The van der Waals surface area contributed by atoms with Gasteiger partial charge >= 0.3 is 0 Å². The van der Waals surface area contributed by atoms with Gasteiger partial charge < -0.3 is 5.32 Å². The predicted molar refractivity (Wildman–Crippen MR) is 125 cm³/mol. The number of benzene rings is 2. The fraction of sp³-hybridized carbons (Fsp3) is 0.333. The second-order valence-electron chi connectivity index (χ2n) is 8.70. The summed E-state index contributed by atoms with van der Waals surface area (Å²) in [4.78, 5) is 20.1. The van der Waals surface area contributed by atoms with E-state index in [0.717, 1.165) is 48.4 Å². The van der Waals surface area contributed by atoms with Crippen molar-refractivity contribution in [3.63, 3.8) is 0 Å². The second-order valence-corrected chi connectivity index (χ2v) is 8.70. The molecule has 2 heterocycles. The third kappa shape index (κ3) is 5.40. The average molecular weight is 432 g/mol. The molecule has 1 aliphatic heterocycles. The van der Waals surface area contributed by atoms with Crippen LogP contribution in [0.1, 0.15) is 57.2 Å². The number of pyridine rings is 1. The largest absolute Gasteiger partial charge is 0.348 e. The topological polar surface area (TPSA) is 45.2 Å². The minimum atomic E-state index is -0.150. The molecule has 1 aliphatic rings. The highest BCUT2D eigenvalue weighted by Crippen LogP contribution is 2.30. The van der Waals surface area contributed by atoms with Crippen LogP contribution in [0.3, 0.4) is 0 Å². The number of aryl methyl sites for hydroxylation is 2. The number of hydrogen-bond acceptors (Lipinski definition) is 3. The van der Waals surface area contributed by atoms with Gasteiger partial charge in [-0.15, -0.1) is 0 Å². The number of nitrogens with zero attached hydrogens (tertiary/aromatic N) is 2. The first kappa shape index (κ1) is 22.2. The van der Waals surface area contributed by atoms with Crippen LogP contribution >= 0.6 is 0 Å². The van der Waals surface area contributed by atoms with E-state index in [2.05, 4.69) is 16.3 Å². The van der Waals surface area contributed by atoms with Crippen molar-refractivity contribution < 1.29 is 9.18 Å². The molecule has 0 bridgehead atoms. The fourth-order valence-electron chi connectivity index (χ4n) is 4.41. The summed E-state index contributed by atoms with van der Waals surface area (Å²) in [6.45, 7) is 6.84. The van der Waals surface area contributed by atoms with Crippen LogP contribution in [0.5, 0.6) is 0 Å². The van der Waals surface area contributed by atoms with Crippen molar-refractivity contribution in [2.45, 2.75) is 45.7 Å². The Kier molecular flexibility index (Phi) is 6.96. The van der Waals surface area contributed by atoms with Gasteiger partial charge in [0.2, 0.25) is 0 Å². The second kappa shape index (κ2) is 10.0. The standard InChI is InChI=1S/C27H30FN3O/c1-19-6-5-7-21(16-19)17-29-27(32)24-11-10-20(2)30-26(24)22-12-14-31(15-13-22)18-23-8-3-4-9-25(23)28/h3-11,16,22H,12-15,17-18H2,1-2H3,(H,29,32). The number of carbonyl (C=O) groups is 1. The van der Waals surface area contributed by atoms with E-state index in [9.17, 15) is 9.18 Å². The van der Waals surface area contributed by atoms with Gasteiger partial charge in [-0.2, -0.15) is 0 Å². The molecule has 0 saturated carbocycles. The Morgan fingerprint density at radius 3 is 2.59 bits per heavy atom. The van der Waals surface area contributed by atoms with E-state index in [-0.39, 0.29) is 17.6 Å². The van der Waals surface area contributed by atoms with Crippen molar-refractivity contribution in [3.05, 3.63) is 100 Å². The summed E-state index contributed by atoms with van der Waals surface area (Å²) in [6, 6.07) is 18.9. The SMILES string of the molecule is Cc1cccc(CNC(=O)c2ccc(C)nc2C2CCN(Cc3ccccc3F)CC2)c1. The van der Waals surface area contributed by atoms with Gasteiger partial charge in [0.1, 0.15) is 5.82 Å². The maximum atomic E-state index is 14.0. The number of piperidine rings is 1. The summed E-state index contributed by atoms with van der Waals surface area (Å²) >= 11 is 0. The molecule has 0 unspecified atom stereocenters. The Hall–Kier alpha value is -3.05. The third-order valence-corrected chi connectivity index (χ3v) is 6.17. The van der Waals surface area contributed by atoms with Crippen molar-refractivity contribution in [2.75, 3.05) is 13.1 Å². The highest BCUT2D eigenvalue weighted by molar-refractivity contribution is 5.95. The zero-order chi connectivity index (χ0) is 22.5. The number of carbonyl (C=O) groups excluding carboxylic acids is 1. The lowest BCUT2D eigenvalue weighted by atomic mass is 9.89. The van der Waals surface area contributed by atoms with E-state index in [0.29, 0.717) is 18.7 Å².